The zero-order chi connectivity index (χ0) is 22.8. The number of hydrogen-bond acceptors (Lipinski definition) is 5. The third kappa shape index (κ3) is 3.94. The predicted molar refractivity (Wildman–Crippen MR) is 126 cm³/mol. The minimum Gasteiger partial charge on any atom is -0.481 e. The molecular formula is C26H29N3O3. The quantitative estimate of drug-likeness (QED) is 0.531. The van der Waals surface area contributed by atoms with Crippen molar-refractivity contribution in [3.8, 4) is 5.88 Å². The number of fused-ring (bicyclic) bond motifs is 1. The molecule has 3 heterocycles. The summed E-state index contributed by atoms with van der Waals surface area (Å²) < 4.78 is 17.0. The predicted octanol–water partition coefficient (Wildman–Crippen LogP) is 5.84. The smallest absolute Gasteiger partial charge is 0.219 e. The summed E-state index contributed by atoms with van der Waals surface area (Å²) in [5, 5.41) is 4.17. The number of nitrogens with one attached hydrogen (secondary N) is 1. The molecule has 0 fully saturated rings. The van der Waals surface area contributed by atoms with Gasteiger partial charge in [-0.15, -0.1) is 0 Å². The zero-order valence-electron chi connectivity index (χ0n) is 19.3. The van der Waals surface area contributed by atoms with E-state index in [1.54, 1.807) is 26.5 Å². The summed E-state index contributed by atoms with van der Waals surface area (Å²) in [5.41, 5.74) is 9.39. The Hall–Kier alpha value is -3.38. The first-order valence-electron chi connectivity index (χ1n) is 10.7. The van der Waals surface area contributed by atoms with Crippen molar-refractivity contribution in [2.75, 3.05) is 14.2 Å². The normalized spacial score (nSPS) is 14.7. The van der Waals surface area contributed by atoms with Crippen LogP contribution in [-0.4, -0.2) is 29.3 Å². The minimum atomic E-state index is -0.357. The molecule has 1 N–H and O–H groups in total. The number of rotatable bonds is 6. The monoisotopic (exact) mass is 431 g/mol. The number of H-pyrrole nitrogens is 1. The molecule has 3 aromatic heterocycles. The van der Waals surface area contributed by atoms with Crippen LogP contribution in [0, 0.1) is 13.8 Å². The first-order valence-corrected chi connectivity index (χ1v) is 10.7. The minimum absolute atomic E-state index is 0.357. The topological polar surface area (TPSA) is 73.2 Å². The van der Waals surface area contributed by atoms with Crippen molar-refractivity contribution in [2.24, 2.45) is 0 Å². The van der Waals surface area contributed by atoms with Crippen molar-refractivity contribution >= 4 is 17.7 Å². The van der Waals surface area contributed by atoms with E-state index in [9.17, 15) is 0 Å². The molecule has 0 spiro atoms. The molecule has 6 heteroatoms. The van der Waals surface area contributed by atoms with Crippen molar-refractivity contribution in [1.29, 1.82) is 0 Å². The van der Waals surface area contributed by atoms with Crippen LogP contribution in [0.4, 0.5) is 0 Å². The van der Waals surface area contributed by atoms with Gasteiger partial charge < -0.3 is 19.0 Å². The third-order valence-corrected chi connectivity index (χ3v) is 5.96. The molecule has 0 amide bonds. The molecule has 3 aromatic rings. The molecule has 1 aliphatic carbocycles. The van der Waals surface area contributed by atoms with E-state index in [0.29, 0.717) is 5.88 Å². The summed E-state index contributed by atoms with van der Waals surface area (Å²) in [6, 6.07) is 2.01. The number of aryl methyl sites for hydroxylation is 3. The van der Waals surface area contributed by atoms with Gasteiger partial charge in [0.15, 0.2) is 0 Å². The Bertz CT molecular complexity index is 1190. The van der Waals surface area contributed by atoms with Gasteiger partial charge in [0.1, 0.15) is 11.9 Å². The highest BCUT2D eigenvalue weighted by atomic mass is 16.5. The first kappa shape index (κ1) is 21.8. The van der Waals surface area contributed by atoms with E-state index < -0.39 is 0 Å². The molecule has 1 aliphatic rings. The summed E-state index contributed by atoms with van der Waals surface area (Å²) in [6.45, 7) is 9.96. The molecule has 1 atom stereocenters. The Balaban J connectivity index is 1.91. The molecule has 4 rings (SSSR count). The van der Waals surface area contributed by atoms with Crippen LogP contribution in [-0.2, 0) is 11.2 Å². The van der Waals surface area contributed by atoms with Gasteiger partial charge in [0.05, 0.1) is 12.8 Å². The van der Waals surface area contributed by atoms with Gasteiger partial charge in [-0.1, -0.05) is 29.5 Å². The van der Waals surface area contributed by atoms with Gasteiger partial charge in [-0.05, 0) is 56.9 Å². The Morgan fingerprint density at radius 1 is 1.16 bits per heavy atom. The molecule has 1 unspecified atom stereocenters. The van der Waals surface area contributed by atoms with E-state index in [4.69, 9.17) is 14.0 Å². The average Bonchev–Trinajstić information content (AvgIpc) is 3.33. The summed E-state index contributed by atoms with van der Waals surface area (Å²) in [7, 11) is 3.33. The van der Waals surface area contributed by atoms with Crippen LogP contribution in [0.1, 0.15) is 64.4 Å². The fraction of sp³-hybridized carbons (Fsp3) is 0.308. The molecule has 0 radical (unpaired) electrons. The largest absolute Gasteiger partial charge is 0.481 e. The van der Waals surface area contributed by atoms with Gasteiger partial charge in [-0.2, -0.15) is 0 Å². The van der Waals surface area contributed by atoms with Gasteiger partial charge in [0.25, 0.3) is 0 Å². The van der Waals surface area contributed by atoms with Crippen LogP contribution in [0.25, 0.3) is 17.7 Å². The molecular weight excluding hydrogens is 402 g/mol. The van der Waals surface area contributed by atoms with Gasteiger partial charge >= 0.3 is 0 Å². The van der Waals surface area contributed by atoms with Crippen LogP contribution >= 0.6 is 0 Å². The fourth-order valence-electron chi connectivity index (χ4n) is 4.36. The molecule has 0 aliphatic heterocycles. The molecule has 166 valence electrons. The highest BCUT2D eigenvalue weighted by molar-refractivity contribution is 5.90. The summed E-state index contributed by atoms with van der Waals surface area (Å²) in [4.78, 5) is 7.94. The van der Waals surface area contributed by atoms with Crippen molar-refractivity contribution in [2.45, 2.75) is 39.7 Å². The maximum absolute atomic E-state index is 6.01. The van der Waals surface area contributed by atoms with Crippen LogP contribution in [0.2, 0.25) is 0 Å². The number of aromatic amines is 1. The molecule has 0 saturated carbocycles. The second kappa shape index (κ2) is 9.01. The zero-order valence-corrected chi connectivity index (χ0v) is 19.3. The van der Waals surface area contributed by atoms with Crippen LogP contribution < -0.4 is 4.74 Å². The van der Waals surface area contributed by atoms with Crippen molar-refractivity contribution < 1.29 is 14.0 Å². The highest BCUT2D eigenvalue weighted by Crippen LogP contribution is 2.38. The van der Waals surface area contributed by atoms with Gasteiger partial charge in [0, 0.05) is 47.5 Å². The SMILES string of the molecule is C=Cc1cnc(OC)c(C(OC)c2c[nH]c3c2C=C(c2c(C)noc2C)C=C(C)CC3)c1. The number of methoxy groups -OCH3 is 2. The van der Waals surface area contributed by atoms with E-state index in [0.717, 1.165) is 57.7 Å². The lowest BCUT2D eigenvalue weighted by Gasteiger charge is -2.20. The van der Waals surface area contributed by atoms with E-state index in [-0.39, 0.29) is 6.10 Å². The van der Waals surface area contributed by atoms with E-state index in [2.05, 4.69) is 40.8 Å². The molecule has 0 aromatic carbocycles. The van der Waals surface area contributed by atoms with Crippen molar-refractivity contribution in [3.05, 3.63) is 81.7 Å². The summed E-state index contributed by atoms with van der Waals surface area (Å²) >= 11 is 0. The van der Waals surface area contributed by atoms with Gasteiger partial charge in [-0.3, -0.25) is 0 Å². The Morgan fingerprint density at radius 2 is 1.97 bits per heavy atom. The first-order chi connectivity index (χ1) is 15.5. The van der Waals surface area contributed by atoms with Crippen LogP contribution in [0.15, 0.2) is 41.2 Å². The number of allylic oxidation sites excluding steroid dienone is 3. The molecule has 0 bridgehead atoms. The Morgan fingerprint density at radius 3 is 2.62 bits per heavy atom. The number of hydrogen-bond donors (Lipinski definition) is 1. The average molecular weight is 432 g/mol. The fourth-order valence-corrected chi connectivity index (χ4v) is 4.36. The highest BCUT2D eigenvalue weighted by Gasteiger charge is 2.26. The standard InChI is InChI=1S/C26H29N3O3/c1-7-18-11-21(26(31-6)28-13-18)25(30-5)22-14-27-23-9-8-15(2)10-19(12-20(22)23)24-16(3)29-32-17(24)4/h7,10-14,25,27H,1,8-9H2,2-6H3. The maximum atomic E-state index is 6.01. The van der Waals surface area contributed by atoms with E-state index >= 15 is 0 Å². The third-order valence-electron chi connectivity index (χ3n) is 5.96. The summed E-state index contributed by atoms with van der Waals surface area (Å²) in [6.07, 6.45) is 11.5. The van der Waals surface area contributed by atoms with E-state index in [1.165, 1.54) is 11.3 Å². The van der Waals surface area contributed by atoms with Gasteiger partial charge in [-0.25, -0.2) is 4.98 Å². The maximum Gasteiger partial charge on any atom is 0.219 e. The van der Waals surface area contributed by atoms with Crippen molar-refractivity contribution in [3.63, 3.8) is 0 Å². The Kier molecular flexibility index (Phi) is 6.15. The lowest BCUT2D eigenvalue weighted by Crippen LogP contribution is -2.08. The second-order valence-electron chi connectivity index (χ2n) is 8.11. The van der Waals surface area contributed by atoms with E-state index in [1.807, 2.05) is 26.1 Å². The van der Waals surface area contributed by atoms with Gasteiger partial charge in [0.2, 0.25) is 5.88 Å². The molecule has 0 saturated heterocycles. The lowest BCUT2D eigenvalue weighted by molar-refractivity contribution is 0.133. The van der Waals surface area contributed by atoms with Crippen molar-refractivity contribution in [1.82, 2.24) is 15.1 Å². The second-order valence-corrected chi connectivity index (χ2v) is 8.11. The Labute approximate surface area is 188 Å². The molecule has 32 heavy (non-hydrogen) atoms. The number of aromatic nitrogens is 3. The number of pyridine rings is 1. The summed E-state index contributed by atoms with van der Waals surface area (Å²) in [5.74, 6) is 1.35. The number of nitrogens with zero attached hydrogens (tertiary/aromatic N) is 2. The number of ether oxygens (including phenoxy) is 2. The van der Waals surface area contributed by atoms with Crippen LogP contribution in [0.5, 0.6) is 5.88 Å². The molecule has 6 nitrogen and oxygen atoms in total. The lowest BCUT2D eigenvalue weighted by atomic mass is 9.91. The van der Waals surface area contributed by atoms with Crippen LogP contribution in [0.3, 0.4) is 0 Å².